The topological polar surface area (TPSA) is 24.9 Å². The smallest absolute Gasteiger partial charge is 0.161 e. The number of nitrogens with zero attached hydrogens (tertiary/aromatic N) is 2. The van der Waals surface area contributed by atoms with Crippen LogP contribution in [0.4, 0.5) is 0 Å². The van der Waals surface area contributed by atoms with E-state index in [-0.39, 0.29) is 0 Å². The molecule has 2 saturated heterocycles. The number of hydrogen-bond acceptors (Lipinski definition) is 4. The monoisotopic (exact) mass is 358 g/mol. The molecular weight excluding hydrogens is 324 g/mol. The molecule has 1 spiro atoms. The molecule has 1 aromatic carbocycles. The van der Waals surface area contributed by atoms with Crippen LogP contribution in [0, 0.1) is 10.8 Å². The van der Waals surface area contributed by atoms with Crippen LogP contribution in [-0.4, -0.2) is 55.7 Å². The molecule has 1 aromatic rings. The van der Waals surface area contributed by atoms with Crippen LogP contribution in [0.5, 0.6) is 11.5 Å². The molecule has 1 atom stereocenters. The van der Waals surface area contributed by atoms with Gasteiger partial charge in [0, 0.05) is 26.2 Å². The molecule has 4 rings (SSSR count). The zero-order valence-electron chi connectivity index (χ0n) is 16.7. The number of hydrogen-bond donors (Lipinski definition) is 0. The Hall–Kier alpha value is -1.26. The van der Waals surface area contributed by atoms with Crippen molar-refractivity contribution in [3.63, 3.8) is 0 Å². The molecule has 3 heterocycles. The molecule has 4 nitrogen and oxygen atoms in total. The van der Waals surface area contributed by atoms with Crippen LogP contribution in [-0.2, 0) is 6.54 Å². The Bertz CT molecular complexity index is 640. The molecule has 2 fully saturated rings. The number of rotatable bonds is 3. The first kappa shape index (κ1) is 18.1. The van der Waals surface area contributed by atoms with Gasteiger partial charge in [-0.3, -0.25) is 4.90 Å². The second-order valence-electron chi connectivity index (χ2n) is 9.81. The summed E-state index contributed by atoms with van der Waals surface area (Å²) in [5, 5.41) is 0. The molecule has 0 aliphatic carbocycles. The first-order valence-corrected chi connectivity index (χ1v) is 10.2. The van der Waals surface area contributed by atoms with Crippen molar-refractivity contribution >= 4 is 0 Å². The Morgan fingerprint density at radius 3 is 2.54 bits per heavy atom. The molecule has 4 heteroatoms. The van der Waals surface area contributed by atoms with Crippen molar-refractivity contribution in [3.8, 4) is 11.5 Å². The van der Waals surface area contributed by atoms with Crippen LogP contribution < -0.4 is 9.47 Å². The molecule has 0 bridgehead atoms. The van der Waals surface area contributed by atoms with Gasteiger partial charge in [-0.1, -0.05) is 26.8 Å². The zero-order chi connectivity index (χ0) is 18.2. The zero-order valence-corrected chi connectivity index (χ0v) is 16.7. The van der Waals surface area contributed by atoms with Crippen LogP contribution in [0.25, 0.3) is 0 Å². The van der Waals surface area contributed by atoms with Crippen LogP contribution in [0.1, 0.15) is 45.6 Å². The first-order chi connectivity index (χ1) is 12.4. The summed E-state index contributed by atoms with van der Waals surface area (Å²) in [6.45, 7) is 15.7. The fraction of sp³-hybridized carbons (Fsp3) is 0.727. The van der Waals surface area contributed by atoms with Crippen LogP contribution in [0.3, 0.4) is 0 Å². The van der Waals surface area contributed by atoms with Crippen molar-refractivity contribution in [2.24, 2.45) is 10.8 Å². The van der Waals surface area contributed by atoms with E-state index >= 15 is 0 Å². The van der Waals surface area contributed by atoms with Gasteiger partial charge in [0.25, 0.3) is 0 Å². The van der Waals surface area contributed by atoms with Crippen LogP contribution in [0.15, 0.2) is 18.2 Å². The predicted octanol–water partition coefficient (Wildman–Crippen LogP) is 3.79. The molecule has 0 N–H and O–H groups in total. The summed E-state index contributed by atoms with van der Waals surface area (Å²) in [6.07, 6.45) is 4.09. The standard InChI is InChI=1S/C22H34N2O2/c1-21(2,3)15-24-9-4-7-22(17-24)8-10-23(16-22)14-18-5-6-19-20(13-18)26-12-11-25-19/h5-6,13H,4,7-12,14-17H2,1-3H3. The maximum Gasteiger partial charge on any atom is 0.161 e. The van der Waals surface area contributed by atoms with Gasteiger partial charge in [0.1, 0.15) is 13.2 Å². The molecule has 0 radical (unpaired) electrons. The largest absolute Gasteiger partial charge is 0.486 e. The number of ether oxygens (including phenoxy) is 2. The first-order valence-electron chi connectivity index (χ1n) is 10.2. The van der Waals surface area contributed by atoms with E-state index in [2.05, 4.69) is 48.8 Å². The van der Waals surface area contributed by atoms with Gasteiger partial charge in [-0.15, -0.1) is 0 Å². The summed E-state index contributed by atoms with van der Waals surface area (Å²) >= 11 is 0. The van der Waals surface area contributed by atoms with Gasteiger partial charge in [0.05, 0.1) is 0 Å². The van der Waals surface area contributed by atoms with Gasteiger partial charge < -0.3 is 14.4 Å². The third-order valence-corrected chi connectivity index (χ3v) is 5.97. The van der Waals surface area contributed by atoms with Crippen molar-refractivity contribution in [2.75, 3.05) is 45.9 Å². The van der Waals surface area contributed by atoms with Gasteiger partial charge in [0.15, 0.2) is 11.5 Å². The van der Waals surface area contributed by atoms with Crippen molar-refractivity contribution in [2.45, 2.75) is 46.6 Å². The lowest BCUT2D eigenvalue weighted by molar-refractivity contribution is 0.0672. The molecule has 26 heavy (non-hydrogen) atoms. The van der Waals surface area contributed by atoms with Crippen LogP contribution >= 0.6 is 0 Å². The van der Waals surface area contributed by atoms with E-state index in [1.54, 1.807) is 0 Å². The van der Waals surface area contributed by atoms with Gasteiger partial charge >= 0.3 is 0 Å². The highest BCUT2D eigenvalue weighted by atomic mass is 16.6. The number of likely N-dealkylation sites (tertiary alicyclic amines) is 2. The van der Waals surface area contributed by atoms with Gasteiger partial charge in [0.2, 0.25) is 0 Å². The van der Waals surface area contributed by atoms with Gasteiger partial charge in [-0.2, -0.15) is 0 Å². The lowest BCUT2D eigenvalue weighted by Crippen LogP contribution is -2.47. The Labute approximate surface area is 158 Å². The summed E-state index contributed by atoms with van der Waals surface area (Å²) in [6, 6.07) is 6.44. The van der Waals surface area contributed by atoms with E-state index in [1.807, 2.05) is 0 Å². The molecule has 3 aliphatic heterocycles. The predicted molar refractivity (Wildman–Crippen MR) is 105 cm³/mol. The Morgan fingerprint density at radius 1 is 0.962 bits per heavy atom. The Balaban J connectivity index is 1.37. The summed E-state index contributed by atoms with van der Waals surface area (Å²) in [5.41, 5.74) is 2.24. The quantitative estimate of drug-likeness (QED) is 0.821. The van der Waals surface area contributed by atoms with Crippen molar-refractivity contribution in [3.05, 3.63) is 23.8 Å². The van der Waals surface area contributed by atoms with E-state index in [0.29, 0.717) is 24.0 Å². The highest BCUT2D eigenvalue weighted by molar-refractivity contribution is 5.43. The second-order valence-corrected chi connectivity index (χ2v) is 9.81. The normalized spacial score (nSPS) is 27.2. The summed E-state index contributed by atoms with van der Waals surface area (Å²) in [4.78, 5) is 5.36. The number of benzene rings is 1. The van der Waals surface area contributed by atoms with E-state index in [1.165, 1.54) is 57.5 Å². The van der Waals surface area contributed by atoms with E-state index in [4.69, 9.17) is 9.47 Å². The van der Waals surface area contributed by atoms with E-state index in [0.717, 1.165) is 18.0 Å². The number of fused-ring (bicyclic) bond motifs is 1. The van der Waals surface area contributed by atoms with Gasteiger partial charge in [-0.05, 0) is 60.9 Å². The molecule has 3 aliphatic rings. The third-order valence-electron chi connectivity index (χ3n) is 5.97. The minimum atomic E-state index is 0.391. The lowest BCUT2D eigenvalue weighted by atomic mass is 9.78. The highest BCUT2D eigenvalue weighted by Gasteiger charge is 2.41. The molecule has 1 unspecified atom stereocenters. The summed E-state index contributed by atoms with van der Waals surface area (Å²) < 4.78 is 11.4. The van der Waals surface area contributed by atoms with E-state index in [9.17, 15) is 0 Å². The van der Waals surface area contributed by atoms with Crippen molar-refractivity contribution < 1.29 is 9.47 Å². The third kappa shape index (κ3) is 4.17. The minimum absolute atomic E-state index is 0.391. The average Bonchev–Trinajstić information content (AvgIpc) is 2.95. The Kier molecular flexibility index (Phi) is 4.91. The maximum absolute atomic E-state index is 5.75. The summed E-state index contributed by atoms with van der Waals surface area (Å²) in [7, 11) is 0. The second kappa shape index (κ2) is 7.05. The highest BCUT2D eigenvalue weighted by Crippen LogP contribution is 2.40. The minimum Gasteiger partial charge on any atom is -0.486 e. The number of piperidine rings is 1. The van der Waals surface area contributed by atoms with Crippen LogP contribution in [0.2, 0.25) is 0 Å². The maximum atomic E-state index is 5.75. The SMILES string of the molecule is CC(C)(C)CN1CCCC2(CCN(Cc3ccc4c(c3)OCCO4)C2)C1. The lowest BCUT2D eigenvalue weighted by Gasteiger charge is -2.42. The summed E-state index contributed by atoms with van der Waals surface area (Å²) in [5.74, 6) is 1.81. The van der Waals surface area contributed by atoms with E-state index < -0.39 is 0 Å². The molecular formula is C22H34N2O2. The average molecular weight is 359 g/mol. The molecule has 0 saturated carbocycles. The Morgan fingerprint density at radius 2 is 1.73 bits per heavy atom. The van der Waals surface area contributed by atoms with Gasteiger partial charge in [-0.25, -0.2) is 0 Å². The molecule has 0 aromatic heterocycles. The van der Waals surface area contributed by atoms with Crippen molar-refractivity contribution in [1.29, 1.82) is 0 Å². The molecule has 0 amide bonds. The fourth-order valence-electron chi connectivity index (χ4n) is 5.06. The molecule has 144 valence electrons. The van der Waals surface area contributed by atoms with Crippen molar-refractivity contribution in [1.82, 2.24) is 9.80 Å². The fourth-order valence-corrected chi connectivity index (χ4v) is 5.06.